The van der Waals surface area contributed by atoms with Crippen molar-refractivity contribution < 1.29 is 9.53 Å². The van der Waals surface area contributed by atoms with Crippen molar-refractivity contribution in [2.75, 3.05) is 7.11 Å². The van der Waals surface area contributed by atoms with E-state index in [2.05, 4.69) is 0 Å². The zero-order valence-electron chi connectivity index (χ0n) is 11.6. The molecule has 1 rings (SSSR count). The standard InChI is InChI=1S/C13H18O2.C2H6/c1-10(2)13(14)8-7-11-5-4-6-12(9-11)15-3;1-2/h4-6,9-10H,7-8H2,1-3H3;1-2H3. The van der Waals surface area contributed by atoms with Crippen molar-refractivity contribution in [3.8, 4) is 5.75 Å². The summed E-state index contributed by atoms with van der Waals surface area (Å²) in [5.74, 6) is 1.30. The lowest BCUT2D eigenvalue weighted by atomic mass is 10.0. The molecule has 2 nitrogen and oxygen atoms in total. The van der Waals surface area contributed by atoms with Crippen LogP contribution in [0.1, 0.15) is 39.7 Å². The van der Waals surface area contributed by atoms with Gasteiger partial charge in [-0.25, -0.2) is 0 Å². The third-order valence-electron chi connectivity index (χ3n) is 2.44. The minimum atomic E-state index is 0.135. The molecule has 0 aromatic heterocycles. The molecule has 96 valence electrons. The van der Waals surface area contributed by atoms with Crippen molar-refractivity contribution in [3.05, 3.63) is 29.8 Å². The van der Waals surface area contributed by atoms with E-state index in [4.69, 9.17) is 4.74 Å². The van der Waals surface area contributed by atoms with Crippen LogP contribution in [0.2, 0.25) is 0 Å². The van der Waals surface area contributed by atoms with E-state index in [0.717, 1.165) is 17.7 Å². The summed E-state index contributed by atoms with van der Waals surface area (Å²) in [5.41, 5.74) is 1.16. The van der Waals surface area contributed by atoms with E-state index in [-0.39, 0.29) is 5.92 Å². The first kappa shape index (κ1) is 15.7. The Balaban J connectivity index is 0.00000121. The van der Waals surface area contributed by atoms with Crippen LogP contribution in [0.15, 0.2) is 24.3 Å². The number of ketones is 1. The van der Waals surface area contributed by atoms with Crippen molar-refractivity contribution in [3.63, 3.8) is 0 Å². The Labute approximate surface area is 105 Å². The van der Waals surface area contributed by atoms with E-state index in [1.807, 2.05) is 52.0 Å². The third kappa shape index (κ3) is 6.10. The molecule has 0 unspecified atom stereocenters. The number of rotatable bonds is 5. The maximum Gasteiger partial charge on any atom is 0.135 e. The number of hydrogen-bond donors (Lipinski definition) is 0. The van der Waals surface area contributed by atoms with Gasteiger partial charge >= 0.3 is 0 Å². The Kier molecular flexibility index (Phi) is 8.12. The summed E-state index contributed by atoms with van der Waals surface area (Å²) in [6.07, 6.45) is 1.42. The van der Waals surface area contributed by atoms with Crippen LogP contribution in [0.5, 0.6) is 5.75 Å². The predicted octanol–water partition coefficient (Wildman–Crippen LogP) is 3.88. The van der Waals surface area contributed by atoms with Crippen LogP contribution in [-0.4, -0.2) is 12.9 Å². The number of ether oxygens (including phenoxy) is 1. The quantitative estimate of drug-likeness (QED) is 0.775. The number of aryl methyl sites for hydroxylation is 1. The van der Waals surface area contributed by atoms with Gasteiger partial charge in [0.15, 0.2) is 0 Å². The maximum atomic E-state index is 11.4. The molecule has 0 atom stereocenters. The smallest absolute Gasteiger partial charge is 0.135 e. The van der Waals surface area contributed by atoms with Crippen molar-refractivity contribution in [2.45, 2.75) is 40.5 Å². The highest BCUT2D eigenvalue weighted by Crippen LogP contribution is 2.14. The normalized spacial score (nSPS) is 9.53. The third-order valence-corrected chi connectivity index (χ3v) is 2.44. The molecule has 0 amide bonds. The molecule has 1 aromatic carbocycles. The van der Waals surface area contributed by atoms with Gasteiger partial charge in [-0.05, 0) is 24.1 Å². The highest BCUT2D eigenvalue weighted by atomic mass is 16.5. The van der Waals surface area contributed by atoms with Gasteiger partial charge in [-0.15, -0.1) is 0 Å². The Hall–Kier alpha value is -1.31. The SMILES string of the molecule is CC.COc1cccc(CCC(=O)C(C)C)c1. The molecule has 1 aromatic rings. The van der Waals surface area contributed by atoms with Crippen molar-refractivity contribution >= 4 is 5.78 Å². The van der Waals surface area contributed by atoms with E-state index in [0.29, 0.717) is 12.2 Å². The molecule has 0 spiro atoms. The summed E-state index contributed by atoms with van der Waals surface area (Å²) in [7, 11) is 1.65. The first-order chi connectivity index (χ1) is 8.13. The highest BCUT2D eigenvalue weighted by Gasteiger charge is 2.07. The molecule has 17 heavy (non-hydrogen) atoms. The van der Waals surface area contributed by atoms with Gasteiger partial charge in [-0.2, -0.15) is 0 Å². The van der Waals surface area contributed by atoms with Gasteiger partial charge in [-0.1, -0.05) is 39.8 Å². The second kappa shape index (κ2) is 8.80. The van der Waals surface area contributed by atoms with Crippen LogP contribution in [0.3, 0.4) is 0 Å². The average molecular weight is 236 g/mol. The highest BCUT2D eigenvalue weighted by molar-refractivity contribution is 5.80. The van der Waals surface area contributed by atoms with Gasteiger partial charge in [0.25, 0.3) is 0 Å². The van der Waals surface area contributed by atoms with E-state index in [9.17, 15) is 4.79 Å². The lowest BCUT2D eigenvalue weighted by Gasteiger charge is -2.05. The first-order valence-electron chi connectivity index (χ1n) is 6.29. The molecule has 0 heterocycles. The fraction of sp³-hybridized carbons (Fsp3) is 0.533. The largest absolute Gasteiger partial charge is 0.497 e. The zero-order valence-corrected chi connectivity index (χ0v) is 11.6. The van der Waals surface area contributed by atoms with Gasteiger partial charge in [0.05, 0.1) is 7.11 Å². The lowest BCUT2D eigenvalue weighted by Crippen LogP contribution is -2.07. The number of benzene rings is 1. The summed E-state index contributed by atoms with van der Waals surface area (Å²) >= 11 is 0. The molecule has 2 heteroatoms. The van der Waals surface area contributed by atoms with Crippen LogP contribution in [0, 0.1) is 5.92 Å². The Morgan fingerprint density at radius 1 is 1.29 bits per heavy atom. The molecule has 0 saturated heterocycles. The average Bonchev–Trinajstić information content (AvgIpc) is 2.38. The van der Waals surface area contributed by atoms with Crippen LogP contribution < -0.4 is 4.74 Å². The number of hydrogen-bond acceptors (Lipinski definition) is 2. The molecule has 0 aliphatic rings. The van der Waals surface area contributed by atoms with Gasteiger partial charge in [0.1, 0.15) is 11.5 Å². The molecule has 0 saturated carbocycles. The summed E-state index contributed by atoms with van der Waals surface area (Å²) in [6.45, 7) is 7.88. The fourth-order valence-electron chi connectivity index (χ4n) is 1.38. The molecule has 0 radical (unpaired) electrons. The van der Waals surface area contributed by atoms with E-state index < -0.39 is 0 Å². The molecular formula is C15H24O2. The Morgan fingerprint density at radius 3 is 2.47 bits per heavy atom. The molecule has 0 N–H and O–H groups in total. The van der Waals surface area contributed by atoms with Crippen LogP contribution in [0.25, 0.3) is 0 Å². The summed E-state index contributed by atoms with van der Waals surface area (Å²) in [6, 6.07) is 7.87. The van der Waals surface area contributed by atoms with Gasteiger partial charge in [-0.3, -0.25) is 4.79 Å². The summed E-state index contributed by atoms with van der Waals surface area (Å²) in [4.78, 5) is 11.4. The molecular weight excluding hydrogens is 212 g/mol. The van der Waals surface area contributed by atoms with Gasteiger partial charge in [0.2, 0.25) is 0 Å². The number of carbonyl (C=O) groups excluding carboxylic acids is 1. The van der Waals surface area contributed by atoms with Crippen LogP contribution >= 0.6 is 0 Å². The number of carbonyl (C=O) groups is 1. The Morgan fingerprint density at radius 2 is 1.94 bits per heavy atom. The van der Waals surface area contributed by atoms with Crippen molar-refractivity contribution in [2.24, 2.45) is 5.92 Å². The van der Waals surface area contributed by atoms with Crippen molar-refractivity contribution in [1.29, 1.82) is 0 Å². The second-order valence-electron chi connectivity index (χ2n) is 3.97. The summed E-state index contributed by atoms with van der Waals surface area (Å²) < 4.78 is 5.12. The van der Waals surface area contributed by atoms with Gasteiger partial charge < -0.3 is 4.74 Å². The lowest BCUT2D eigenvalue weighted by molar-refractivity contribution is -0.121. The van der Waals surface area contributed by atoms with Crippen LogP contribution in [-0.2, 0) is 11.2 Å². The number of Topliss-reactive ketones (excluding diaryl/α,β-unsaturated/α-hetero) is 1. The minimum Gasteiger partial charge on any atom is -0.497 e. The fourth-order valence-corrected chi connectivity index (χ4v) is 1.38. The first-order valence-corrected chi connectivity index (χ1v) is 6.29. The molecule has 0 fully saturated rings. The van der Waals surface area contributed by atoms with E-state index >= 15 is 0 Å². The van der Waals surface area contributed by atoms with Gasteiger partial charge in [0, 0.05) is 12.3 Å². The second-order valence-corrected chi connectivity index (χ2v) is 3.97. The Bertz CT molecular complexity index is 329. The topological polar surface area (TPSA) is 26.3 Å². The predicted molar refractivity (Wildman–Crippen MR) is 72.5 cm³/mol. The summed E-state index contributed by atoms with van der Waals surface area (Å²) in [5, 5.41) is 0. The van der Waals surface area contributed by atoms with E-state index in [1.165, 1.54) is 0 Å². The molecule has 0 aliphatic carbocycles. The molecule has 0 aliphatic heterocycles. The maximum absolute atomic E-state index is 11.4. The van der Waals surface area contributed by atoms with Crippen LogP contribution in [0.4, 0.5) is 0 Å². The number of methoxy groups -OCH3 is 1. The molecule has 0 bridgehead atoms. The minimum absolute atomic E-state index is 0.135. The van der Waals surface area contributed by atoms with E-state index in [1.54, 1.807) is 7.11 Å². The monoisotopic (exact) mass is 236 g/mol. The zero-order chi connectivity index (χ0) is 13.3. The van der Waals surface area contributed by atoms with Crippen molar-refractivity contribution in [1.82, 2.24) is 0 Å².